The molecule has 0 fully saturated rings. The lowest BCUT2D eigenvalue weighted by Crippen LogP contribution is -2.01. The molecule has 0 bridgehead atoms. The minimum Gasteiger partial charge on any atom is -0.384 e. The van der Waals surface area contributed by atoms with Crippen molar-refractivity contribution < 1.29 is 5.11 Å². The Bertz CT molecular complexity index is 680. The Balaban J connectivity index is 0.000000847. The van der Waals surface area contributed by atoms with Gasteiger partial charge in [-0.15, -0.1) is 0 Å². The first-order valence-electron chi connectivity index (χ1n) is 7.18. The number of benzene rings is 3. The maximum Gasteiger partial charge on any atom is 0.105 e. The first-order valence-corrected chi connectivity index (χ1v) is 8.08. The van der Waals surface area contributed by atoms with Crippen LogP contribution in [-0.4, -0.2) is 11.4 Å². The van der Waals surface area contributed by atoms with Gasteiger partial charge < -0.3 is 5.11 Å². The van der Waals surface area contributed by atoms with Crippen molar-refractivity contribution >= 4 is 12.6 Å². The van der Waals surface area contributed by atoms with Gasteiger partial charge in [-0.25, -0.2) is 0 Å². The Morgan fingerprint density at radius 3 is 1.82 bits per heavy atom. The van der Waals surface area contributed by atoms with Gasteiger partial charge in [-0.2, -0.15) is 12.6 Å². The summed E-state index contributed by atoms with van der Waals surface area (Å²) in [6.07, 6.45) is 1.09. The van der Waals surface area contributed by atoms with Crippen LogP contribution in [-0.2, 0) is 0 Å². The summed E-state index contributed by atoms with van der Waals surface area (Å²) in [5.41, 5.74) is 4.04. The highest BCUT2D eigenvalue weighted by atomic mass is 32.1. The van der Waals surface area contributed by atoms with Gasteiger partial charge in [-0.3, -0.25) is 0 Å². The molecule has 0 heterocycles. The average Bonchev–Trinajstić information content (AvgIpc) is 2.64. The summed E-state index contributed by atoms with van der Waals surface area (Å²) in [7, 11) is 0. The van der Waals surface area contributed by atoms with E-state index in [4.69, 9.17) is 0 Å². The van der Waals surface area contributed by atoms with Crippen LogP contribution in [0.4, 0.5) is 0 Å². The Morgan fingerprint density at radius 2 is 1.18 bits per heavy atom. The minimum absolute atomic E-state index is 0.604. The van der Waals surface area contributed by atoms with Crippen molar-refractivity contribution in [1.29, 1.82) is 0 Å². The molecule has 2 heteroatoms. The van der Waals surface area contributed by atoms with Crippen LogP contribution in [0, 0.1) is 0 Å². The Labute approximate surface area is 137 Å². The maximum absolute atomic E-state index is 10.6. The van der Waals surface area contributed by atoms with E-state index in [0.717, 1.165) is 22.3 Å². The number of aliphatic hydroxyl groups is 1. The van der Waals surface area contributed by atoms with Crippen molar-refractivity contribution in [2.24, 2.45) is 0 Å². The molecule has 1 nitrogen and oxygen atoms in total. The van der Waals surface area contributed by atoms with Crippen LogP contribution in [0.15, 0.2) is 84.9 Å². The van der Waals surface area contributed by atoms with Crippen LogP contribution in [0.3, 0.4) is 0 Å². The Kier molecular flexibility index (Phi) is 6.26. The van der Waals surface area contributed by atoms with Crippen LogP contribution in [0.5, 0.6) is 0 Å². The third kappa shape index (κ3) is 3.79. The molecule has 3 rings (SSSR count). The summed E-state index contributed by atoms with van der Waals surface area (Å²) in [6, 6.07) is 27.9. The summed E-state index contributed by atoms with van der Waals surface area (Å²) < 4.78 is 0. The van der Waals surface area contributed by atoms with Gasteiger partial charge in [0.25, 0.3) is 0 Å². The lowest BCUT2D eigenvalue weighted by atomic mass is 9.93. The van der Waals surface area contributed by atoms with Gasteiger partial charge in [0.15, 0.2) is 0 Å². The van der Waals surface area contributed by atoms with Crippen LogP contribution < -0.4 is 0 Å². The molecule has 0 radical (unpaired) electrons. The molecule has 0 aromatic heterocycles. The number of thiol groups is 1. The van der Waals surface area contributed by atoms with E-state index in [1.54, 1.807) is 6.26 Å². The van der Waals surface area contributed by atoms with E-state index in [1.165, 1.54) is 0 Å². The van der Waals surface area contributed by atoms with Crippen molar-refractivity contribution in [3.8, 4) is 11.1 Å². The number of aliphatic hydroxyl groups excluding tert-OH is 1. The zero-order valence-electron chi connectivity index (χ0n) is 12.6. The van der Waals surface area contributed by atoms with E-state index in [9.17, 15) is 5.11 Å². The van der Waals surface area contributed by atoms with Gasteiger partial charge in [-0.1, -0.05) is 84.9 Å². The number of hydrogen-bond acceptors (Lipinski definition) is 2. The minimum atomic E-state index is -0.604. The zero-order valence-corrected chi connectivity index (χ0v) is 13.4. The molecule has 1 unspecified atom stereocenters. The van der Waals surface area contributed by atoms with Crippen molar-refractivity contribution in [2.45, 2.75) is 6.10 Å². The highest BCUT2D eigenvalue weighted by molar-refractivity contribution is 7.79. The first-order chi connectivity index (χ1) is 10.9. The highest BCUT2D eigenvalue weighted by Gasteiger charge is 2.14. The van der Waals surface area contributed by atoms with E-state index < -0.39 is 6.10 Å². The SMILES string of the molecule is CS.OC(c1ccccc1)c1ccccc1-c1ccccc1. The van der Waals surface area contributed by atoms with Gasteiger partial charge in [0.05, 0.1) is 0 Å². The molecular formula is C20H20OS. The van der Waals surface area contributed by atoms with Crippen LogP contribution in [0.25, 0.3) is 11.1 Å². The molecule has 0 aliphatic heterocycles. The molecule has 3 aromatic carbocycles. The fourth-order valence-electron chi connectivity index (χ4n) is 2.43. The molecule has 22 heavy (non-hydrogen) atoms. The van der Waals surface area contributed by atoms with E-state index >= 15 is 0 Å². The van der Waals surface area contributed by atoms with E-state index in [1.807, 2.05) is 66.7 Å². The fraction of sp³-hybridized carbons (Fsp3) is 0.100. The molecular weight excluding hydrogens is 288 g/mol. The second-order valence-corrected chi connectivity index (χ2v) is 4.77. The van der Waals surface area contributed by atoms with Crippen LogP contribution in [0.1, 0.15) is 17.2 Å². The van der Waals surface area contributed by atoms with Gasteiger partial charge in [0, 0.05) is 0 Å². The molecule has 0 spiro atoms. The molecule has 0 saturated heterocycles. The van der Waals surface area contributed by atoms with Gasteiger partial charge >= 0.3 is 0 Å². The number of rotatable bonds is 3. The maximum atomic E-state index is 10.6. The third-order valence-electron chi connectivity index (χ3n) is 3.46. The van der Waals surface area contributed by atoms with Crippen LogP contribution >= 0.6 is 12.6 Å². The predicted molar refractivity (Wildman–Crippen MR) is 97.3 cm³/mol. The predicted octanol–water partition coefficient (Wildman–Crippen LogP) is 4.98. The van der Waals surface area contributed by atoms with E-state index in [0.29, 0.717) is 0 Å². The summed E-state index contributed by atoms with van der Waals surface area (Å²) in [4.78, 5) is 0. The van der Waals surface area contributed by atoms with Gasteiger partial charge in [0.2, 0.25) is 0 Å². The fourth-order valence-corrected chi connectivity index (χ4v) is 2.43. The quantitative estimate of drug-likeness (QED) is 0.654. The zero-order chi connectivity index (χ0) is 15.8. The second kappa shape index (κ2) is 8.42. The van der Waals surface area contributed by atoms with Crippen molar-refractivity contribution in [3.63, 3.8) is 0 Å². The Hall–Kier alpha value is -2.03. The standard InChI is InChI=1S/C19H16O.CH4S/c20-19(16-11-5-2-6-12-16)18-14-8-7-13-17(18)15-9-3-1-4-10-15;1-2/h1-14,19-20H;2H,1H3. The monoisotopic (exact) mass is 308 g/mol. The molecule has 0 saturated carbocycles. The van der Waals surface area contributed by atoms with Crippen molar-refractivity contribution in [3.05, 3.63) is 96.1 Å². The Morgan fingerprint density at radius 1 is 0.682 bits per heavy atom. The topological polar surface area (TPSA) is 20.2 Å². The summed E-state index contributed by atoms with van der Waals surface area (Å²) >= 11 is 3.53. The van der Waals surface area contributed by atoms with Gasteiger partial charge in [0.1, 0.15) is 6.10 Å². The van der Waals surface area contributed by atoms with Crippen LogP contribution in [0.2, 0.25) is 0 Å². The lowest BCUT2D eigenvalue weighted by molar-refractivity contribution is 0.221. The molecule has 3 aromatic rings. The third-order valence-corrected chi connectivity index (χ3v) is 3.46. The molecule has 0 amide bonds. The summed E-state index contributed by atoms with van der Waals surface area (Å²) in [5.74, 6) is 0. The first kappa shape index (κ1) is 16.3. The van der Waals surface area contributed by atoms with Crippen molar-refractivity contribution in [1.82, 2.24) is 0 Å². The van der Waals surface area contributed by atoms with Gasteiger partial charge in [-0.05, 0) is 28.5 Å². The average molecular weight is 308 g/mol. The van der Waals surface area contributed by atoms with Crippen molar-refractivity contribution in [2.75, 3.05) is 6.26 Å². The molecule has 0 aliphatic rings. The summed E-state index contributed by atoms with van der Waals surface area (Å²) in [6.45, 7) is 0. The molecule has 1 N–H and O–H groups in total. The molecule has 0 aliphatic carbocycles. The highest BCUT2D eigenvalue weighted by Crippen LogP contribution is 2.31. The second-order valence-electron chi connectivity index (χ2n) is 4.77. The lowest BCUT2D eigenvalue weighted by Gasteiger charge is -2.16. The molecule has 1 atom stereocenters. The van der Waals surface area contributed by atoms with E-state index in [-0.39, 0.29) is 0 Å². The smallest absolute Gasteiger partial charge is 0.105 e. The number of hydrogen-bond donors (Lipinski definition) is 2. The van der Waals surface area contributed by atoms with E-state index in [2.05, 4.69) is 30.8 Å². The molecule has 112 valence electrons. The summed E-state index contributed by atoms with van der Waals surface area (Å²) in [5, 5.41) is 10.6. The normalized spacial score (nSPS) is 11.2. The largest absolute Gasteiger partial charge is 0.384 e.